The standard InChI is InChI=1S/C22H38.CH4/c1-6-8-9-10-11-12-13-14-20-18-21(16-15-19(20)3)22(4,5)17-7-2;/h7,15,17-18,21H,6,8-14,16H2,1-5H3;1H4. The van der Waals surface area contributed by atoms with Crippen LogP contribution in [0.2, 0.25) is 0 Å². The quantitative estimate of drug-likeness (QED) is 0.281. The van der Waals surface area contributed by atoms with E-state index in [0.717, 1.165) is 0 Å². The van der Waals surface area contributed by atoms with Crippen LogP contribution in [0.3, 0.4) is 0 Å². The zero-order valence-electron chi connectivity index (χ0n) is 15.8. The minimum Gasteiger partial charge on any atom is -0.0911 e. The van der Waals surface area contributed by atoms with Gasteiger partial charge in [-0.3, -0.25) is 0 Å². The van der Waals surface area contributed by atoms with Gasteiger partial charge in [0.05, 0.1) is 0 Å². The molecule has 0 aromatic carbocycles. The van der Waals surface area contributed by atoms with Crippen LogP contribution < -0.4 is 0 Å². The molecule has 134 valence electrons. The molecule has 0 amide bonds. The first-order valence-corrected chi connectivity index (χ1v) is 9.53. The van der Waals surface area contributed by atoms with E-state index >= 15 is 0 Å². The normalized spacial score (nSPS) is 18.6. The molecular formula is C23H42. The summed E-state index contributed by atoms with van der Waals surface area (Å²) < 4.78 is 0. The second-order valence-corrected chi connectivity index (χ2v) is 7.61. The molecule has 0 N–H and O–H groups in total. The number of rotatable bonds is 10. The second kappa shape index (κ2) is 11.7. The summed E-state index contributed by atoms with van der Waals surface area (Å²) in [5, 5.41) is 0. The van der Waals surface area contributed by atoms with Crippen molar-refractivity contribution >= 4 is 0 Å². The zero-order valence-corrected chi connectivity index (χ0v) is 15.8. The van der Waals surface area contributed by atoms with Crippen molar-refractivity contribution in [3.63, 3.8) is 0 Å². The molecule has 0 nitrogen and oxygen atoms in total. The van der Waals surface area contributed by atoms with Gasteiger partial charge in [0.2, 0.25) is 0 Å². The van der Waals surface area contributed by atoms with Gasteiger partial charge < -0.3 is 0 Å². The smallest absolute Gasteiger partial charge is 0.0107 e. The second-order valence-electron chi connectivity index (χ2n) is 7.61. The highest BCUT2D eigenvalue weighted by Gasteiger charge is 2.26. The van der Waals surface area contributed by atoms with E-state index < -0.39 is 0 Å². The molecule has 0 heterocycles. The molecule has 23 heavy (non-hydrogen) atoms. The molecule has 0 aromatic heterocycles. The van der Waals surface area contributed by atoms with Crippen LogP contribution in [0.1, 0.15) is 99.8 Å². The molecule has 0 spiro atoms. The average Bonchev–Trinajstić information content (AvgIpc) is 2.47. The fourth-order valence-electron chi connectivity index (χ4n) is 3.50. The topological polar surface area (TPSA) is 0 Å². The Morgan fingerprint density at radius 2 is 1.70 bits per heavy atom. The lowest BCUT2D eigenvalue weighted by atomic mass is 9.72. The summed E-state index contributed by atoms with van der Waals surface area (Å²) in [7, 11) is 0. The van der Waals surface area contributed by atoms with Gasteiger partial charge in [0, 0.05) is 0 Å². The first-order valence-electron chi connectivity index (χ1n) is 9.53. The highest BCUT2D eigenvalue weighted by atomic mass is 14.3. The monoisotopic (exact) mass is 318 g/mol. The van der Waals surface area contributed by atoms with Crippen LogP contribution in [0.5, 0.6) is 0 Å². The molecule has 1 atom stereocenters. The molecular weight excluding hydrogens is 276 g/mol. The maximum absolute atomic E-state index is 2.58. The molecule has 1 rings (SSSR count). The van der Waals surface area contributed by atoms with Crippen LogP contribution in [0.4, 0.5) is 0 Å². The Bertz CT molecular complexity index is 392. The molecule has 0 saturated heterocycles. The predicted octanol–water partition coefficient (Wildman–Crippen LogP) is 8.26. The summed E-state index contributed by atoms with van der Waals surface area (Å²) in [5.41, 5.74) is 3.41. The predicted molar refractivity (Wildman–Crippen MR) is 108 cm³/mol. The lowest BCUT2D eigenvalue weighted by Gasteiger charge is -2.32. The Kier molecular flexibility index (Phi) is 11.3. The van der Waals surface area contributed by atoms with E-state index in [4.69, 9.17) is 0 Å². The molecule has 0 heteroatoms. The molecule has 0 aliphatic heterocycles. The van der Waals surface area contributed by atoms with E-state index in [2.05, 4.69) is 58.9 Å². The van der Waals surface area contributed by atoms with Crippen molar-refractivity contribution in [1.82, 2.24) is 0 Å². The highest BCUT2D eigenvalue weighted by molar-refractivity contribution is 5.34. The van der Waals surface area contributed by atoms with Crippen molar-refractivity contribution in [2.45, 2.75) is 99.8 Å². The molecule has 1 aliphatic rings. The van der Waals surface area contributed by atoms with E-state index in [1.807, 2.05) is 0 Å². The average molecular weight is 319 g/mol. The molecule has 1 unspecified atom stereocenters. The van der Waals surface area contributed by atoms with Gasteiger partial charge in [-0.25, -0.2) is 0 Å². The summed E-state index contributed by atoms with van der Waals surface area (Å²) in [5.74, 6) is 0.659. The fraction of sp³-hybridized carbons (Fsp3) is 0.739. The summed E-state index contributed by atoms with van der Waals surface area (Å²) in [6.07, 6.45) is 21.9. The first-order chi connectivity index (χ1) is 10.5. The van der Waals surface area contributed by atoms with Crippen molar-refractivity contribution in [3.8, 4) is 0 Å². The maximum Gasteiger partial charge on any atom is -0.0107 e. The molecule has 0 radical (unpaired) electrons. The van der Waals surface area contributed by atoms with E-state index in [1.54, 1.807) is 5.57 Å². The van der Waals surface area contributed by atoms with E-state index in [-0.39, 0.29) is 12.8 Å². The largest absolute Gasteiger partial charge is 0.0911 e. The lowest BCUT2D eigenvalue weighted by molar-refractivity contribution is 0.340. The third-order valence-electron chi connectivity index (χ3n) is 5.19. The summed E-state index contributed by atoms with van der Waals surface area (Å²) in [6.45, 7) is 11.5. The Balaban J connectivity index is 0.00000484. The Morgan fingerprint density at radius 3 is 2.30 bits per heavy atom. The Hall–Kier alpha value is -0.780. The minimum atomic E-state index is 0. The Morgan fingerprint density at radius 1 is 1.09 bits per heavy atom. The van der Waals surface area contributed by atoms with Gasteiger partial charge in [-0.15, -0.1) is 0 Å². The van der Waals surface area contributed by atoms with Crippen LogP contribution in [0.15, 0.2) is 35.5 Å². The van der Waals surface area contributed by atoms with Gasteiger partial charge in [0.1, 0.15) is 0 Å². The summed E-state index contributed by atoms with van der Waals surface area (Å²) in [6, 6.07) is 0. The molecule has 1 aliphatic carbocycles. The van der Waals surface area contributed by atoms with Gasteiger partial charge in [-0.2, -0.15) is 0 Å². The van der Waals surface area contributed by atoms with Crippen LogP contribution in [0, 0.1) is 11.3 Å². The molecule has 0 fully saturated rings. The first kappa shape index (κ1) is 22.2. The van der Waals surface area contributed by atoms with Crippen molar-refractivity contribution in [2.75, 3.05) is 0 Å². The van der Waals surface area contributed by atoms with E-state index in [0.29, 0.717) is 5.92 Å². The minimum absolute atomic E-state index is 0. The van der Waals surface area contributed by atoms with Crippen LogP contribution in [-0.2, 0) is 0 Å². The molecule has 0 aromatic rings. The van der Waals surface area contributed by atoms with Crippen molar-refractivity contribution < 1.29 is 0 Å². The van der Waals surface area contributed by atoms with Gasteiger partial charge in [0.15, 0.2) is 0 Å². The van der Waals surface area contributed by atoms with Crippen LogP contribution in [0.25, 0.3) is 0 Å². The number of unbranched alkanes of at least 4 members (excludes halogenated alkanes) is 6. The number of allylic oxidation sites excluding steroid dienone is 6. The zero-order chi connectivity index (χ0) is 16.4. The number of hydrogen-bond donors (Lipinski definition) is 0. The Labute approximate surface area is 147 Å². The van der Waals surface area contributed by atoms with Gasteiger partial charge in [-0.1, -0.05) is 96.6 Å². The van der Waals surface area contributed by atoms with Gasteiger partial charge in [0.25, 0.3) is 0 Å². The van der Waals surface area contributed by atoms with Crippen molar-refractivity contribution in [1.29, 1.82) is 0 Å². The third kappa shape index (κ3) is 8.04. The summed E-state index contributed by atoms with van der Waals surface area (Å²) in [4.78, 5) is 0. The molecule has 0 bridgehead atoms. The third-order valence-corrected chi connectivity index (χ3v) is 5.19. The van der Waals surface area contributed by atoms with Crippen molar-refractivity contribution in [2.24, 2.45) is 11.3 Å². The van der Waals surface area contributed by atoms with E-state index in [1.165, 1.54) is 63.4 Å². The van der Waals surface area contributed by atoms with Gasteiger partial charge in [-0.05, 0) is 50.0 Å². The van der Waals surface area contributed by atoms with Crippen LogP contribution in [-0.4, -0.2) is 0 Å². The van der Waals surface area contributed by atoms with Crippen LogP contribution >= 0.6 is 0 Å². The van der Waals surface area contributed by atoms with E-state index in [9.17, 15) is 0 Å². The van der Waals surface area contributed by atoms with Crippen molar-refractivity contribution in [3.05, 3.63) is 35.5 Å². The van der Waals surface area contributed by atoms with Gasteiger partial charge >= 0.3 is 0 Å². The fourth-order valence-corrected chi connectivity index (χ4v) is 3.50. The summed E-state index contributed by atoms with van der Waals surface area (Å²) >= 11 is 0. The highest BCUT2D eigenvalue weighted by Crippen LogP contribution is 2.38. The number of hydrogen-bond acceptors (Lipinski definition) is 0. The maximum atomic E-state index is 2.58. The SMILES string of the molecule is C.CC=CC(C)(C)C1C=C(CCCCCCCCC)C(C)=CC1. The lowest BCUT2D eigenvalue weighted by Crippen LogP contribution is -2.21. The molecule has 0 saturated carbocycles.